The maximum Gasteiger partial charge on any atom is 0.433 e. The fourth-order valence-electron chi connectivity index (χ4n) is 1.47. The van der Waals surface area contributed by atoms with Crippen LogP contribution in [0.5, 0.6) is 0 Å². The molecule has 0 N–H and O–H groups in total. The molecule has 0 saturated heterocycles. The Kier molecular flexibility index (Phi) is 2.53. The Hall–Kier alpha value is -3.03. The number of hydrogen-bond acceptors (Lipinski definition) is 7. The summed E-state index contributed by atoms with van der Waals surface area (Å²) in [6.45, 7) is 0. The van der Waals surface area contributed by atoms with Crippen molar-refractivity contribution in [3.8, 4) is 23.1 Å². The standard InChI is InChI=1S/C11H6N4O4/c16-15(17)9-4-3-8(18-9)11-14-13-10(19-11)7-2-1-5-12-6-7/h1-6H. The summed E-state index contributed by atoms with van der Waals surface area (Å²) in [6.07, 6.45) is 3.19. The second-order valence-electron chi connectivity index (χ2n) is 3.55. The molecule has 0 aliphatic heterocycles. The van der Waals surface area contributed by atoms with Crippen LogP contribution >= 0.6 is 0 Å². The summed E-state index contributed by atoms with van der Waals surface area (Å²) in [5.74, 6) is 0.111. The van der Waals surface area contributed by atoms with Gasteiger partial charge in [-0.1, -0.05) is 0 Å². The summed E-state index contributed by atoms with van der Waals surface area (Å²) in [7, 11) is 0. The minimum Gasteiger partial charge on any atom is -0.413 e. The monoisotopic (exact) mass is 258 g/mol. The normalized spacial score (nSPS) is 10.5. The number of rotatable bonds is 3. The molecule has 0 bridgehead atoms. The van der Waals surface area contributed by atoms with Crippen LogP contribution in [0.15, 0.2) is 45.5 Å². The fourth-order valence-corrected chi connectivity index (χ4v) is 1.47. The molecule has 8 nitrogen and oxygen atoms in total. The maximum absolute atomic E-state index is 10.5. The summed E-state index contributed by atoms with van der Waals surface area (Å²) in [6, 6.07) is 6.12. The van der Waals surface area contributed by atoms with Crippen LogP contribution in [0, 0.1) is 10.1 Å². The van der Waals surface area contributed by atoms with E-state index in [0.717, 1.165) is 0 Å². The Bertz CT molecular complexity index is 719. The molecule has 0 saturated carbocycles. The lowest BCUT2D eigenvalue weighted by atomic mass is 10.3. The third kappa shape index (κ3) is 2.06. The van der Waals surface area contributed by atoms with Gasteiger partial charge in [-0.2, -0.15) is 0 Å². The van der Waals surface area contributed by atoms with E-state index in [1.165, 1.54) is 12.1 Å². The van der Waals surface area contributed by atoms with Gasteiger partial charge in [0.2, 0.25) is 5.89 Å². The van der Waals surface area contributed by atoms with Gasteiger partial charge in [-0.15, -0.1) is 10.2 Å². The van der Waals surface area contributed by atoms with Crippen LogP contribution in [0.4, 0.5) is 5.88 Å². The van der Waals surface area contributed by atoms with Crippen LogP contribution < -0.4 is 0 Å². The van der Waals surface area contributed by atoms with E-state index in [1.54, 1.807) is 24.5 Å². The predicted molar refractivity (Wildman–Crippen MR) is 61.9 cm³/mol. The third-order valence-corrected chi connectivity index (χ3v) is 2.32. The van der Waals surface area contributed by atoms with Crippen LogP contribution in [0.3, 0.4) is 0 Å². The lowest BCUT2D eigenvalue weighted by Crippen LogP contribution is -1.82. The van der Waals surface area contributed by atoms with Crippen LogP contribution in [0.1, 0.15) is 0 Å². The van der Waals surface area contributed by atoms with Gasteiger partial charge in [0.25, 0.3) is 5.89 Å². The molecule has 0 radical (unpaired) electrons. The molecule has 0 aliphatic carbocycles. The first-order valence-corrected chi connectivity index (χ1v) is 5.22. The highest BCUT2D eigenvalue weighted by Crippen LogP contribution is 2.27. The van der Waals surface area contributed by atoms with Gasteiger partial charge in [0, 0.05) is 12.4 Å². The molecule has 8 heteroatoms. The quantitative estimate of drug-likeness (QED) is 0.523. The van der Waals surface area contributed by atoms with Crippen LogP contribution in [-0.4, -0.2) is 20.1 Å². The molecule has 0 aliphatic rings. The summed E-state index contributed by atoms with van der Waals surface area (Å²) in [5.41, 5.74) is 0.655. The molecule has 0 amide bonds. The largest absolute Gasteiger partial charge is 0.433 e. The highest BCUT2D eigenvalue weighted by Gasteiger charge is 2.18. The van der Waals surface area contributed by atoms with Crippen molar-refractivity contribution in [2.24, 2.45) is 0 Å². The Labute approximate surface area is 105 Å². The molecule has 3 heterocycles. The first-order chi connectivity index (χ1) is 9.24. The highest BCUT2D eigenvalue weighted by molar-refractivity contribution is 5.54. The Balaban J connectivity index is 1.94. The van der Waals surface area contributed by atoms with Gasteiger partial charge in [-0.25, -0.2) is 0 Å². The van der Waals surface area contributed by atoms with Gasteiger partial charge in [-0.05, 0) is 18.2 Å². The minimum absolute atomic E-state index is 0.0759. The van der Waals surface area contributed by atoms with Gasteiger partial charge in [0.05, 0.1) is 11.6 Å². The lowest BCUT2D eigenvalue weighted by molar-refractivity contribution is -0.401. The zero-order valence-corrected chi connectivity index (χ0v) is 9.39. The lowest BCUT2D eigenvalue weighted by Gasteiger charge is -1.90. The van der Waals surface area contributed by atoms with E-state index >= 15 is 0 Å². The first kappa shape index (κ1) is 11.1. The topological polar surface area (TPSA) is 108 Å². The number of hydrogen-bond donors (Lipinski definition) is 0. The molecule has 3 aromatic rings. The van der Waals surface area contributed by atoms with Gasteiger partial charge in [0.1, 0.15) is 4.92 Å². The van der Waals surface area contributed by atoms with Crippen molar-refractivity contribution in [1.29, 1.82) is 0 Å². The van der Waals surface area contributed by atoms with Crippen molar-refractivity contribution in [3.05, 3.63) is 46.8 Å². The maximum atomic E-state index is 10.5. The fraction of sp³-hybridized carbons (Fsp3) is 0. The van der Waals surface area contributed by atoms with E-state index in [-0.39, 0.29) is 23.4 Å². The molecule has 19 heavy (non-hydrogen) atoms. The van der Waals surface area contributed by atoms with E-state index in [9.17, 15) is 10.1 Å². The number of pyridine rings is 1. The molecular formula is C11H6N4O4. The van der Waals surface area contributed by atoms with Gasteiger partial charge < -0.3 is 8.83 Å². The van der Waals surface area contributed by atoms with Crippen molar-refractivity contribution in [2.45, 2.75) is 0 Å². The molecule has 0 atom stereocenters. The van der Waals surface area contributed by atoms with Gasteiger partial charge >= 0.3 is 5.88 Å². The SMILES string of the molecule is O=[N+]([O-])c1ccc(-c2nnc(-c3cccnc3)o2)o1. The molecule has 0 fully saturated rings. The molecule has 0 aromatic carbocycles. The molecule has 3 aromatic heterocycles. The van der Waals surface area contributed by atoms with E-state index in [1.807, 2.05) is 0 Å². The highest BCUT2D eigenvalue weighted by atomic mass is 16.6. The average Bonchev–Trinajstić information content (AvgIpc) is 3.09. The minimum atomic E-state index is -0.637. The molecular weight excluding hydrogens is 252 g/mol. The average molecular weight is 258 g/mol. The van der Waals surface area contributed by atoms with Crippen molar-refractivity contribution in [3.63, 3.8) is 0 Å². The zero-order valence-electron chi connectivity index (χ0n) is 9.39. The van der Waals surface area contributed by atoms with Crippen LogP contribution in [0.2, 0.25) is 0 Å². The molecule has 0 unspecified atom stereocenters. The summed E-state index contributed by atoms with van der Waals surface area (Å²) in [4.78, 5) is 13.8. The Morgan fingerprint density at radius 1 is 1.11 bits per heavy atom. The number of aromatic nitrogens is 3. The van der Waals surface area contributed by atoms with E-state index in [0.29, 0.717) is 5.56 Å². The van der Waals surface area contributed by atoms with E-state index in [4.69, 9.17) is 8.83 Å². The Morgan fingerprint density at radius 2 is 1.95 bits per heavy atom. The zero-order chi connectivity index (χ0) is 13.2. The van der Waals surface area contributed by atoms with Crippen molar-refractivity contribution in [2.75, 3.05) is 0 Å². The van der Waals surface area contributed by atoms with Crippen molar-refractivity contribution < 1.29 is 13.8 Å². The van der Waals surface area contributed by atoms with Crippen LogP contribution in [-0.2, 0) is 0 Å². The van der Waals surface area contributed by atoms with Crippen molar-refractivity contribution >= 4 is 5.88 Å². The Morgan fingerprint density at radius 3 is 2.63 bits per heavy atom. The summed E-state index contributed by atoms with van der Waals surface area (Å²) < 4.78 is 10.3. The van der Waals surface area contributed by atoms with Gasteiger partial charge in [0.15, 0.2) is 5.76 Å². The third-order valence-electron chi connectivity index (χ3n) is 2.32. The number of nitro groups is 1. The van der Waals surface area contributed by atoms with E-state index < -0.39 is 4.92 Å². The summed E-state index contributed by atoms with van der Waals surface area (Å²) >= 11 is 0. The molecule has 0 spiro atoms. The molecule has 3 rings (SSSR count). The second-order valence-corrected chi connectivity index (χ2v) is 3.55. The van der Waals surface area contributed by atoms with Crippen molar-refractivity contribution in [1.82, 2.24) is 15.2 Å². The van der Waals surface area contributed by atoms with Gasteiger partial charge in [-0.3, -0.25) is 15.1 Å². The predicted octanol–water partition coefficient (Wildman–Crippen LogP) is 2.30. The molecule has 94 valence electrons. The second kappa shape index (κ2) is 4.33. The number of nitrogens with zero attached hydrogens (tertiary/aromatic N) is 4. The first-order valence-electron chi connectivity index (χ1n) is 5.22. The smallest absolute Gasteiger partial charge is 0.413 e. The summed E-state index contributed by atoms with van der Waals surface area (Å²) in [5, 5.41) is 18.1. The van der Waals surface area contributed by atoms with Crippen LogP contribution in [0.25, 0.3) is 23.1 Å². The van der Waals surface area contributed by atoms with E-state index in [2.05, 4.69) is 15.2 Å². The number of furan rings is 1.